The molecular weight excluding hydrogens is 278 g/mol. The molecule has 0 aromatic carbocycles. The third-order valence-corrected chi connectivity index (χ3v) is 3.19. The Morgan fingerprint density at radius 1 is 1.55 bits per heavy atom. The standard InChI is InChI=1S/C16H23N5O/c1-19-6-3-4-12(16(18)22)8-14(10-20-2)15-11-21-7-5-13(15)9-17/h5,7-8,10-11,19H,2-4,6,9,17H2,1H3,(H2,18,22)/b12-8-,14-10+. The predicted molar refractivity (Wildman–Crippen MR) is 90.1 cm³/mol. The van der Waals surface area contributed by atoms with E-state index in [1.807, 2.05) is 13.1 Å². The van der Waals surface area contributed by atoms with E-state index in [4.69, 9.17) is 11.5 Å². The Hall–Kier alpha value is -2.31. The Labute approximate surface area is 131 Å². The number of nitrogens with two attached hydrogens (primary N) is 2. The van der Waals surface area contributed by atoms with Crippen molar-refractivity contribution in [2.45, 2.75) is 19.4 Å². The van der Waals surface area contributed by atoms with Crippen molar-refractivity contribution in [1.29, 1.82) is 0 Å². The average Bonchev–Trinajstić information content (AvgIpc) is 2.53. The Balaban J connectivity index is 3.18. The van der Waals surface area contributed by atoms with E-state index in [2.05, 4.69) is 22.0 Å². The Kier molecular flexibility index (Phi) is 7.74. The molecule has 118 valence electrons. The summed E-state index contributed by atoms with van der Waals surface area (Å²) in [6.07, 6.45) is 8.10. The van der Waals surface area contributed by atoms with Crippen LogP contribution in [0.1, 0.15) is 24.0 Å². The van der Waals surface area contributed by atoms with Crippen LogP contribution in [-0.4, -0.2) is 31.2 Å². The van der Waals surface area contributed by atoms with E-state index < -0.39 is 5.91 Å². The Morgan fingerprint density at radius 2 is 2.32 bits per heavy atom. The molecule has 0 aliphatic rings. The SMILES string of the molecule is C=N/C=C(\C=C(\CCCNC)C(N)=O)c1cnccc1CN. The summed E-state index contributed by atoms with van der Waals surface area (Å²) < 4.78 is 0. The second kappa shape index (κ2) is 9.59. The maximum atomic E-state index is 11.6. The number of rotatable bonds is 9. The summed E-state index contributed by atoms with van der Waals surface area (Å²) in [5.74, 6) is -0.441. The summed E-state index contributed by atoms with van der Waals surface area (Å²) in [6.45, 7) is 4.65. The van der Waals surface area contributed by atoms with Gasteiger partial charge in [0.15, 0.2) is 0 Å². The molecule has 0 spiro atoms. The molecule has 0 saturated heterocycles. The van der Waals surface area contributed by atoms with Gasteiger partial charge in [-0.3, -0.25) is 14.8 Å². The first-order valence-electron chi connectivity index (χ1n) is 7.08. The molecule has 1 amide bonds. The first-order valence-corrected chi connectivity index (χ1v) is 7.08. The van der Waals surface area contributed by atoms with Gasteiger partial charge < -0.3 is 16.8 Å². The average molecular weight is 301 g/mol. The number of allylic oxidation sites excluding steroid dienone is 2. The summed E-state index contributed by atoms with van der Waals surface area (Å²) in [5, 5.41) is 3.04. The number of pyridine rings is 1. The van der Waals surface area contributed by atoms with Crippen molar-refractivity contribution >= 4 is 18.2 Å². The van der Waals surface area contributed by atoms with Gasteiger partial charge in [0, 0.05) is 41.8 Å². The van der Waals surface area contributed by atoms with Gasteiger partial charge in [0.2, 0.25) is 5.91 Å². The van der Waals surface area contributed by atoms with E-state index in [0.29, 0.717) is 18.5 Å². The number of nitrogens with one attached hydrogen (secondary N) is 1. The highest BCUT2D eigenvalue weighted by Crippen LogP contribution is 2.22. The first-order chi connectivity index (χ1) is 10.6. The van der Waals surface area contributed by atoms with E-state index in [-0.39, 0.29) is 0 Å². The van der Waals surface area contributed by atoms with Crippen molar-refractivity contribution < 1.29 is 4.79 Å². The van der Waals surface area contributed by atoms with Crippen LogP contribution in [0.3, 0.4) is 0 Å². The fourth-order valence-electron chi connectivity index (χ4n) is 2.05. The second-order valence-electron chi connectivity index (χ2n) is 4.74. The normalized spacial score (nSPS) is 12.3. The van der Waals surface area contributed by atoms with E-state index in [1.165, 1.54) is 0 Å². The molecule has 1 heterocycles. The molecule has 0 radical (unpaired) electrons. The van der Waals surface area contributed by atoms with Crippen LogP contribution in [0, 0.1) is 0 Å². The largest absolute Gasteiger partial charge is 0.366 e. The molecule has 0 atom stereocenters. The summed E-state index contributed by atoms with van der Waals surface area (Å²) in [7, 11) is 1.86. The molecule has 5 N–H and O–H groups in total. The highest BCUT2D eigenvalue weighted by Gasteiger charge is 2.10. The van der Waals surface area contributed by atoms with Crippen molar-refractivity contribution in [3.05, 3.63) is 47.4 Å². The van der Waals surface area contributed by atoms with Crippen LogP contribution in [-0.2, 0) is 11.3 Å². The molecule has 6 nitrogen and oxygen atoms in total. The monoisotopic (exact) mass is 301 g/mol. The summed E-state index contributed by atoms with van der Waals surface area (Å²) >= 11 is 0. The minimum absolute atomic E-state index is 0.367. The molecule has 1 aromatic rings. The van der Waals surface area contributed by atoms with E-state index >= 15 is 0 Å². The van der Waals surface area contributed by atoms with Gasteiger partial charge in [-0.15, -0.1) is 0 Å². The number of carbonyl (C=O) groups is 1. The number of nitrogens with zero attached hydrogens (tertiary/aromatic N) is 2. The predicted octanol–water partition coefficient (Wildman–Crippen LogP) is 0.993. The third kappa shape index (κ3) is 5.23. The smallest absolute Gasteiger partial charge is 0.244 e. The van der Waals surface area contributed by atoms with Gasteiger partial charge in [-0.05, 0) is 50.9 Å². The molecule has 0 aliphatic heterocycles. The summed E-state index contributed by atoms with van der Waals surface area (Å²) in [6, 6.07) is 1.84. The lowest BCUT2D eigenvalue weighted by Crippen LogP contribution is -2.16. The van der Waals surface area contributed by atoms with Crippen molar-refractivity contribution in [2.75, 3.05) is 13.6 Å². The topological polar surface area (TPSA) is 106 Å². The van der Waals surface area contributed by atoms with E-state index in [0.717, 1.165) is 29.7 Å². The van der Waals surface area contributed by atoms with E-state index in [9.17, 15) is 4.79 Å². The fourth-order valence-corrected chi connectivity index (χ4v) is 2.05. The van der Waals surface area contributed by atoms with Crippen LogP contribution >= 0.6 is 0 Å². The van der Waals surface area contributed by atoms with Crippen molar-refractivity contribution in [3.8, 4) is 0 Å². The lowest BCUT2D eigenvalue weighted by atomic mass is 9.98. The summed E-state index contributed by atoms with van der Waals surface area (Å²) in [5.41, 5.74) is 14.2. The molecule has 1 aromatic heterocycles. The number of aliphatic imine (C=N–C) groups is 1. The maximum absolute atomic E-state index is 11.6. The minimum atomic E-state index is -0.441. The maximum Gasteiger partial charge on any atom is 0.244 e. The fraction of sp³-hybridized carbons (Fsp3) is 0.312. The zero-order chi connectivity index (χ0) is 16.4. The number of hydrogen-bond acceptors (Lipinski definition) is 5. The van der Waals surface area contributed by atoms with Gasteiger partial charge >= 0.3 is 0 Å². The first kappa shape index (κ1) is 17.7. The van der Waals surface area contributed by atoms with Crippen molar-refractivity contribution in [3.63, 3.8) is 0 Å². The number of primary amides is 1. The van der Waals surface area contributed by atoms with Crippen LogP contribution in [0.2, 0.25) is 0 Å². The zero-order valence-electron chi connectivity index (χ0n) is 12.9. The van der Waals surface area contributed by atoms with Gasteiger partial charge in [-0.2, -0.15) is 0 Å². The molecule has 1 rings (SSSR count). The van der Waals surface area contributed by atoms with Crippen LogP contribution in [0.4, 0.5) is 0 Å². The number of carbonyl (C=O) groups excluding carboxylic acids is 1. The molecule has 22 heavy (non-hydrogen) atoms. The molecule has 0 bridgehead atoms. The van der Waals surface area contributed by atoms with E-state index in [1.54, 1.807) is 24.7 Å². The molecule has 0 aliphatic carbocycles. The van der Waals surface area contributed by atoms with Gasteiger partial charge in [-0.1, -0.05) is 0 Å². The van der Waals surface area contributed by atoms with Crippen molar-refractivity contribution in [2.24, 2.45) is 16.5 Å². The number of aromatic nitrogens is 1. The molecule has 0 unspecified atom stereocenters. The molecule has 0 saturated carbocycles. The highest BCUT2D eigenvalue weighted by atomic mass is 16.1. The number of amides is 1. The van der Waals surface area contributed by atoms with Crippen molar-refractivity contribution in [1.82, 2.24) is 10.3 Å². The van der Waals surface area contributed by atoms with Crippen LogP contribution in [0.25, 0.3) is 5.57 Å². The van der Waals surface area contributed by atoms with Gasteiger partial charge in [0.1, 0.15) is 0 Å². The third-order valence-electron chi connectivity index (χ3n) is 3.19. The summed E-state index contributed by atoms with van der Waals surface area (Å²) in [4.78, 5) is 19.6. The van der Waals surface area contributed by atoms with Crippen LogP contribution in [0.5, 0.6) is 0 Å². The lowest BCUT2D eigenvalue weighted by molar-refractivity contribution is -0.114. The lowest BCUT2D eigenvalue weighted by Gasteiger charge is -2.10. The van der Waals surface area contributed by atoms with Gasteiger partial charge in [0.25, 0.3) is 0 Å². The van der Waals surface area contributed by atoms with Gasteiger partial charge in [-0.25, -0.2) is 0 Å². The number of hydrogen-bond donors (Lipinski definition) is 3. The van der Waals surface area contributed by atoms with Crippen LogP contribution < -0.4 is 16.8 Å². The molecular formula is C16H23N5O. The van der Waals surface area contributed by atoms with Gasteiger partial charge in [0.05, 0.1) is 0 Å². The molecule has 0 fully saturated rings. The quantitative estimate of drug-likeness (QED) is 0.274. The Bertz CT molecular complexity index is 578. The second-order valence-corrected chi connectivity index (χ2v) is 4.74. The molecule has 6 heteroatoms. The Morgan fingerprint density at radius 3 is 2.91 bits per heavy atom. The minimum Gasteiger partial charge on any atom is -0.366 e. The highest BCUT2D eigenvalue weighted by molar-refractivity contribution is 5.95. The van der Waals surface area contributed by atoms with Crippen LogP contribution in [0.15, 0.2) is 41.3 Å². The zero-order valence-corrected chi connectivity index (χ0v) is 12.9.